The molecule has 1 aromatic carbocycles. The van der Waals surface area contributed by atoms with Crippen LogP contribution in [0.25, 0.3) is 0 Å². The summed E-state index contributed by atoms with van der Waals surface area (Å²) in [7, 11) is 1.70. The van der Waals surface area contributed by atoms with Crippen molar-refractivity contribution in [3.63, 3.8) is 0 Å². The van der Waals surface area contributed by atoms with Gasteiger partial charge in [0.05, 0.1) is 12.3 Å². The van der Waals surface area contributed by atoms with Crippen LogP contribution < -0.4 is 5.48 Å². The summed E-state index contributed by atoms with van der Waals surface area (Å²) in [5.74, 6) is 1.04. The Labute approximate surface area is 96.0 Å². The maximum atomic E-state index is 5.47. The van der Waals surface area contributed by atoms with Gasteiger partial charge in [-0.3, -0.25) is 0 Å². The van der Waals surface area contributed by atoms with Crippen LogP contribution in [0.5, 0.6) is 0 Å². The predicted octanol–water partition coefficient (Wildman–Crippen LogP) is 3.24. The molecule has 2 rings (SSSR count). The number of anilines is 1. The first kappa shape index (κ1) is 11.0. The van der Waals surface area contributed by atoms with Gasteiger partial charge in [-0.2, -0.15) is 0 Å². The second-order valence-corrected chi connectivity index (χ2v) is 3.90. The molecule has 0 atom stereocenters. The summed E-state index contributed by atoms with van der Waals surface area (Å²) in [4.78, 5) is 5.47. The number of benzene rings is 1. The lowest BCUT2D eigenvalue weighted by Crippen LogP contribution is -2.00. The SMILES string of the molecule is COCc1ccc(NOC2=CCCC2)cc1. The van der Waals surface area contributed by atoms with E-state index in [1.807, 2.05) is 24.3 Å². The van der Waals surface area contributed by atoms with Crippen LogP contribution in [0.3, 0.4) is 0 Å². The predicted molar refractivity (Wildman–Crippen MR) is 63.8 cm³/mol. The highest BCUT2D eigenvalue weighted by atomic mass is 16.6. The van der Waals surface area contributed by atoms with E-state index in [4.69, 9.17) is 9.57 Å². The number of allylic oxidation sites excluding steroid dienone is 2. The molecular formula is C13H17NO2. The summed E-state index contributed by atoms with van der Waals surface area (Å²) in [6.07, 6.45) is 5.49. The van der Waals surface area contributed by atoms with Crippen LogP contribution in [0, 0.1) is 0 Å². The Morgan fingerprint density at radius 1 is 1.25 bits per heavy atom. The summed E-state index contributed by atoms with van der Waals surface area (Å²) in [6, 6.07) is 8.03. The average Bonchev–Trinajstić information content (AvgIpc) is 2.82. The minimum Gasteiger partial charge on any atom is -0.387 e. The molecule has 0 aromatic heterocycles. The van der Waals surface area contributed by atoms with Crippen molar-refractivity contribution in [1.82, 2.24) is 0 Å². The average molecular weight is 219 g/mol. The van der Waals surface area contributed by atoms with Crippen LogP contribution in [-0.4, -0.2) is 7.11 Å². The molecular weight excluding hydrogens is 202 g/mol. The first-order chi connectivity index (χ1) is 7.88. The third-order valence-corrected chi connectivity index (χ3v) is 2.56. The highest BCUT2D eigenvalue weighted by Crippen LogP contribution is 2.19. The van der Waals surface area contributed by atoms with Gasteiger partial charge in [-0.25, -0.2) is 5.48 Å². The van der Waals surface area contributed by atoms with E-state index in [2.05, 4.69) is 11.6 Å². The molecule has 3 nitrogen and oxygen atoms in total. The summed E-state index contributed by atoms with van der Waals surface area (Å²) in [5, 5.41) is 0. The van der Waals surface area contributed by atoms with Crippen LogP contribution in [0.15, 0.2) is 36.1 Å². The number of rotatable bonds is 5. The lowest BCUT2D eigenvalue weighted by molar-refractivity contribution is 0.185. The van der Waals surface area contributed by atoms with Crippen molar-refractivity contribution in [2.24, 2.45) is 0 Å². The summed E-state index contributed by atoms with van der Waals surface area (Å²) >= 11 is 0. The molecule has 0 amide bonds. The van der Waals surface area contributed by atoms with Crippen molar-refractivity contribution in [2.75, 3.05) is 12.6 Å². The van der Waals surface area contributed by atoms with Crippen LogP contribution in [0.4, 0.5) is 5.69 Å². The quantitative estimate of drug-likeness (QED) is 0.771. The van der Waals surface area contributed by atoms with Crippen molar-refractivity contribution in [3.05, 3.63) is 41.7 Å². The molecule has 86 valence electrons. The van der Waals surface area contributed by atoms with Crippen molar-refractivity contribution in [1.29, 1.82) is 0 Å². The molecule has 0 saturated carbocycles. The monoisotopic (exact) mass is 219 g/mol. The fourth-order valence-corrected chi connectivity index (χ4v) is 1.69. The molecule has 0 heterocycles. The standard InChI is InChI=1S/C13H17NO2/c1-15-10-11-6-8-12(9-7-11)14-16-13-4-2-3-5-13/h4,6-9,14H,2-3,5,10H2,1H3. The summed E-state index contributed by atoms with van der Waals surface area (Å²) in [5.41, 5.74) is 5.07. The zero-order valence-electron chi connectivity index (χ0n) is 9.53. The Kier molecular flexibility index (Phi) is 3.83. The molecule has 0 spiro atoms. The van der Waals surface area contributed by atoms with Gasteiger partial charge in [-0.1, -0.05) is 12.1 Å². The maximum Gasteiger partial charge on any atom is 0.128 e. The second-order valence-electron chi connectivity index (χ2n) is 3.90. The van der Waals surface area contributed by atoms with E-state index < -0.39 is 0 Å². The summed E-state index contributed by atoms with van der Waals surface area (Å²) in [6.45, 7) is 0.645. The summed E-state index contributed by atoms with van der Waals surface area (Å²) < 4.78 is 5.05. The van der Waals surface area contributed by atoms with Crippen molar-refractivity contribution >= 4 is 5.69 Å². The number of hydrogen-bond acceptors (Lipinski definition) is 3. The molecule has 0 aliphatic heterocycles. The van der Waals surface area contributed by atoms with Gasteiger partial charge in [-0.15, -0.1) is 0 Å². The molecule has 1 N–H and O–H groups in total. The van der Waals surface area contributed by atoms with Crippen molar-refractivity contribution in [3.8, 4) is 0 Å². The van der Waals surface area contributed by atoms with E-state index in [-0.39, 0.29) is 0 Å². The van der Waals surface area contributed by atoms with Crippen LogP contribution >= 0.6 is 0 Å². The molecule has 1 aliphatic rings. The third-order valence-electron chi connectivity index (χ3n) is 2.56. The lowest BCUT2D eigenvalue weighted by Gasteiger charge is -2.09. The molecule has 3 heteroatoms. The van der Waals surface area contributed by atoms with E-state index >= 15 is 0 Å². The zero-order valence-corrected chi connectivity index (χ0v) is 9.53. The third kappa shape index (κ3) is 3.00. The van der Waals surface area contributed by atoms with Gasteiger partial charge in [0, 0.05) is 13.5 Å². The van der Waals surface area contributed by atoms with Crippen LogP contribution in [0.1, 0.15) is 24.8 Å². The molecule has 16 heavy (non-hydrogen) atoms. The smallest absolute Gasteiger partial charge is 0.128 e. The number of hydrogen-bond donors (Lipinski definition) is 1. The first-order valence-corrected chi connectivity index (χ1v) is 5.58. The highest BCUT2D eigenvalue weighted by molar-refractivity contribution is 5.42. The van der Waals surface area contributed by atoms with E-state index in [1.165, 1.54) is 6.42 Å². The molecule has 1 aliphatic carbocycles. The fourth-order valence-electron chi connectivity index (χ4n) is 1.69. The van der Waals surface area contributed by atoms with E-state index in [0.29, 0.717) is 6.61 Å². The Morgan fingerprint density at radius 3 is 2.69 bits per heavy atom. The van der Waals surface area contributed by atoms with Gasteiger partial charge in [0.2, 0.25) is 0 Å². The normalized spacial score (nSPS) is 14.7. The topological polar surface area (TPSA) is 30.5 Å². The van der Waals surface area contributed by atoms with Crippen molar-refractivity contribution in [2.45, 2.75) is 25.9 Å². The van der Waals surface area contributed by atoms with Gasteiger partial charge >= 0.3 is 0 Å². The van der Waals surface area contributed by atoms with Crippen LogP contribution in [-0.2, 0) is 16.2 Å². The van der Waals surface area contributed by atoms with Crippen LogP contribution in [0.2, 0.25) is 0 Å². The van der Waals surface area contributed by atoms with E-state index in [0.717, 1.165) is 29.9 Å². The van der Waals surface area contributed by atoms with Gasteiger partial charge in [0.1, 0.15) is 5.76 Å². The first-order valence-electron chi connectivity index (χ1n) is 5.58. The molecule has 0 radical (unpaired) electrons. The minimum absolute atomic E-state index is 0.645. The van der Waals surface area contributed by atoms with Gasteiger partial charge in [0.25, 0.3) is 0 Å². The Hall–Kier alpha value is -1.48. The Bertz CT molecular complexity index is 357. The van der Waals surface area contributed by atoms with Gasteiger partial charge < -0.3 is 9.57 Å². The van der Waals surface area contributed by atoms with Crippen molar-refractivity contribution < 1.29 is 9.57 Å². The zero-order chi connectivity index (χ0) is 11.2. The molecule has 1 aromatic rings. The number of methoxy groups -OCH3 is 1. The van der Waals surface area contributed by atoms with Gasteiger partial charge in [0.15, 0.2) is 0 Å². The molecule has 0 bridgehead atoms. The largest absolute Gasteiger partial charge is 0.387 e. The highest BCUT2D eigenvalue weighted by Gasteiger charge is 2.05. The fraction of sp³-hybridized carbons (Fsp3) is 0.385. The van der Waals surface area contributed by atoms with E-state index in [9.17, 15) is 0 Å². The Morgan fingerprint density at radius 2 is 2.06 bits per heavy atom. The van der Waals surface area contributed by atoms with E-state index in [1.54, 1.807) is 7.11 Å². The lowest BCUT2D eigenvalue weighted by atomic mass is 10.2. The van der Waals surface area contributed by atoms with Gasteiger partial charge in [-0.05, 0) is 36.6 Å². The minimum atomic E-state index is 0.645. The maximum absolute atomic E-state index is 5.47. The second kappa shape index (κ2) is 5.56. The molecule has 0 unspecified atom stereocenters. The molecule has 0 fully saturated rings. The number of nitrogens with one attached hydrogen (secondary N) is 1. The Balaban J connectivity index is 1.84. The number of ether oxygens (including phenoxy) is 1. The molecule has 0 saturated heterocycles.